The fourth-order valence-corrected chi connectivity index (χ4v) is 1.76. The third kappa shape index (κ3) is 2.34. The first-order valence-corrected chi connectivity index (χ1v) is 5.43. The van der Waals surface area contributed by atoms with Crippen molar-refractivity contribution in [3.8, 4) is 0 Å². The zero-order chi connectivity index (χ0) is 10.7. The molecule has 0 radical (unpaired) electrons. The van der Waals surface area contributed by atoms with E-state index < -0.39 is 11.7 Å². The third-order valence-electron chi connectivity index (χ3n) is 2.06. The molecule has 0 amide bonds. The number of carbonyl (C=O) groups excluding carboxylic acids is 1. The SMILES string of the molecule is CC(C(=O)CCl)c1cccc(Br)c1F. The molecule has 1 aromatic rings. The van der Waals surface area contributed by atoms with Crippen molar-refractivity contribution in [2.75, 3.05) is 5.88 Å². The minimum Gasteiger partial charge on any atom is -0.298 e. The van der Waals surface area contributed by atoms with Gasteiger partial charge in [-0.15, -0.1) is 11.6 Å². The summed E-state index contributed by atoms with van der Waals surface area (Å²) < 4.78 is 13.9. The molecule has 1 rings (SSSR count). The minimum atomic E-state index is -0.495. The molecule has 0 bridgehead atoms. The van der Waals surface area contributed by atoms with Crippen LogP contribution in [0.25, 0.3) is 0 Å². The molecule has 0 spiro atoms. The van der Waals surface area contributed by atoms with Crippen LogP contribution in [0.1, 0.15) is 18.4 Å². The van der Waals surface area contributed by atoms with Crippen LogP contribution >= 0.6 is 27.5 Å². The Hall–Kier alpha value is -0.410. The van der Waals surface area contributed by atoms with Crippen LogP contribution in [0, 0.1) is 5.82 Å². The fraction of sp³-hybridized carbons (Fsp3) is 0.300. The number of hydrogen-bond acceptors (Lipinski definition) is 1. The minimum absolute atomic E-state index is 0.0902. The predicted octanol–water partition coefficient (Wildman–Crippen LogP) is 3.50. The van der Waals surface area contributed by atoms with E-state index in [2.05, 4.69) is 15.9 Å². The molecule has 1 nitrogen and oxygen atoms in total. The zero-order valence-electron chi connectivity index (χ0n) is 7.56. The van der Waals surface area contributed by atoms with E-state index in [0.717, 1.165) is 0 Å². The van der Waals surface area contributed by atoms with E-state index in [9.17, 15) is 9.18 Å². The summed E-state index contributed by atoms with van der Waals surface area (Å²) in [5, 5.41) is 0. The zero-order valence-corrected chi connectivity index (χ0v) is 9.90. The second-order valence-corrected chi connectivity index (χ2v) is 4.09. The summed E-state index contributed by atoms with van der Waals surface area (Å²) in [4.78, 5) is 11.3. The van der Waals surface area contributed by atoms with E-state index in [4.69, 9.17) is 11.6 Å². The average molecular weight is 280 g/mol. The van der Waals surface area contributed by atoms with Crippen molar-refractivity contribution in [2.45, 2.75) is 12.8 Å². The first-order valence-electron chi connectivity index (χ1n) is 4.10. The Kier molecular flexibility index (Phi) is 4.08. The molecule has 4 heteroatoms. The number of halogens is 3. The standard InChI is InChI=1S/C10H9BrClFO/c1-6(9(14)5-12)7-3-2-4-8(11)10(7)13/h2-4,6H,5H2,1H3. The maximum Gasteiger partial charge on any atom is 0.154 e. The summed E-state index contributed by atoms with van der Waals surface area (Å²) in [6.45, 7) is 1.65. The lowest BCUT2D eigenvalue weighted by molar-refractivity contribution is -0.117. The second-order valence-electron chi connectivity index (χ2n) is 2.96. The van der Waals surface area contributed by atoms with Crippen molar-refractivity contribution in [1.82, 2.24) is 0 Å². The Bertz CT molecular complexity index is 354. The number of rotatable bonds is 3. The van der Waals surface area contributed by atoms with Crippen LogP contribution in [-0.4, -0.2) is 11.7 Å². The van der Waals surface area contributed by atoms with Crippen molar-refractivity contribution in [3.05, 3.63) is 34.1 Å². The topological polar surface area (TPSA) is 17.1 Å². The molecular weight excluding hydrogens is 270 g/mol. The van der Waals surface area contributed by atoms with Crippen molar-refractivity contribution in [3.63, 3.8) is 0 Å². The van der Waals surface area contributed by atoms with Gasteiger partial charge in [0.2, 0.25) is 0 Å². The van der Waals surface area contributed by atoms with Crippen LogP contribution in [0.4, 0.5) is 4.39 Å². The number of benzene rings is 1. The van der Waals surface area contributed by atoms with Gasteiger partial charge in [-0.1, -0.05) is 19.1 Å². The molecule has 0 heterocycles. The molecule has 0 N–H and O–H groups in total. The maximum atomic E-state index is 13.5. The third-order valence-corrected chi connectivity index (χ3v) is 2.94. The Morgan fingerprint density at radius 3 is 2.86 bits per heavy atom. The van der Waals surface area contributed by atoms with E-state index in [1.165, 1.54) is 0 Å². The van der Waals surface area contributed by atoms with Gasteiger partial charge in [-0.2, -0.15) is 0 Å². The Morgan fingerprint density at radius 1 is 1.64 bits per heavy atom. The molecule has 1 atom stereocenters. The number of hydrogen-bond donors (Lipinski definition) is 0. The van der Waals surface area contributed by atoms with Gasteiger partial charge in [-0.05, 0) is 27.6 Å². The van der Waals surface area contributed by atoms with Gasteiger partial charge in [0.05, 0.1) is 10.4 Å². The molecule has 0 saturated heterocycles. The number of carbonyl (C=O) groups is 1. The van der Waals surface area contributed by atoms with Crippen molar-refractivity contribution in [1.29, 1.82) is 0 Å². The van der Waals surface area contributed by atoms with E-state index >= 15 is 0 Å². The molecule has 0 saturated carbocycles. The predicted molar refractivity (Wildman–Crippen MR) is 58.2 cm³/mol. The van der Waals surface area contributed by atoms with Gasteiger partial charge >= 0.3 is 0 Å². The van der Waals surface area contributed by atoms with Gasteiger partial charge < -0.3 is 0 Å². The summed E-state index contributed by atoms with van der Waals surface area (Å²) in [5.74, 6) is -1.15. The lowest BCUT2D eigenvalue weighted by atomic mass is 9.97. The van der Waals surface area contributed by atoms with E-state index in [1.54, 1.807) is 25.1 Å². The van der Waals surface area contributed by atoms with E-state index in [-0.39, 0.29) is 11.7 Å². The molecule has 14 heavy (non-hydrogen) atoms. The molecule has 0 aromatic heterocycles. The molecule has 0 fully saturated rings. The second kappa shape index (κ2) is 4.89. The van der Waals surface area contributed by atoms with Gasteiger partial charge in [0.1, 0.15) is 5.82 Å². The van der Waals surface area contributed by atoms with Crippen LogP contribution in [0.3, 0.4) is 0 Å². The Morgan fingerprint density at radius 2 is 2.29 bits per heavy atom. The molecule has 0 aliphatic heterocycles. The van der Waals surface area contributed by atoms with Crippen molar-refractivity contribution in [2.24, 2.45) is 0 Å². The number of ketones is 1. The molecular formula is C10H9BrClFO. The molecule has 0 aliphatic carbocycles. The van der Waals surface area contributed by atoms with Crippen LogP contribution in [-0.2, 0) is 4.79 Å². The van der Waals surface area contributed by atoms with Gasteiger partial charge in [-0.3, -0.25) is 4.79 Å². The molecule has 1 unspecified atom stereocenters. The largest absolute Gasteiger partial charge is 0.298 e. The van der Waals surface area contributed by atoms with Gasteiger partial charge in [0.15, 0.2) is 5.78 Å². The van der Waals surface area contributed by atoms with E-state index in [1.807, 2.05) is 0 Å². The fourth-order valence-electron chi connectivity index (χ4n) is 1.14. The normalized spacial score (nSPS) is 12.6. The van der Waals surface area contributed by atoms with Crippen LogP contribution in [0.5, 0.6) is 0 Å². The smallest absolute Gasteiger partial charge is 0.154 e. The summed E-state index contributed by atoms with van der Waals surface area (Å²) in [6.07, 6.45) is 0. The molecule has 76 valence electrons. The van der Waals surface area contributed by atoms with Gasteiger partial charge in [0.25, 0.3) is 0 Å². The van der Waals surface area contributed by atoms with Crippen LogP contribution in [0.15, 0.2) is 22.7 Å². The highest BCUT2D eigenvalue weighted by Crippen LogP contribution is 2.25. The maximum absolute atomic E-state index is 13.5. The molecule has 1 aromatic carbocycles. The van der Waals surface area contributed by atoms with Crippen LogP contribution in [0.2, 0.25) is 0 Å². The summed E-state index contributed by atoms with van der Waals surface area (Å²) in [7, 11) is 0. The summed E-state index contributed by atoms with van der Waals surface area (Å²) in [6, 6.07) is 4.88. The quantitative estimate of drug-likeness (QED) is 0.774. The summed E-state index contributed by atoms with van der Waals surface area (Å²) in [5.41, 5.74) is 0.380. The Labute approximate surface area is 95.4 Å². The van der Waals surface area contributed by atoms with Crippen molar-refractivity contribution < 1.29 is 9.18 Å². The highest BCUT2D eigenvalue weighted by atomic mass is 79.9. The monoisotopic (exact) mass is 278 g/mol. The van der Waals surface area contributed by atoms with Crippen molar-refractivity contribution >= 4 is 33.3 Å². The Balaban J connectivity index is 3.07. The highest BCUT2D eigenvalue weighted by molar-refractivity contribution is 9.10. The summed E-state index contributed by atoms with van der Waals surface area (Å²) >= 11 is 8.47. The van der Waals surface area contributed by atoms with Gasteiger partial charge in [-0.25, -0.2) is 4.39 Å². The molecule has 0 aliphatic rings. The highest BCUT2D eigenvalue weighted by Gasteiger charge is 2.18. The lowest BCUT2D eigenvalue weighted by Gasteiger charge is -2.10. The lowest BCUT2D eigenvalue weighted by Crippen LogP contribution is -2.12. The van der Waals surface area contributed by atoms with Gasteiger partial charge in [0, 0.05) is 5.92 Å². The first kappa shape index (κ1) is 11.7. The number of alkyl halides is 1. The van der Waals surface area contributed by atoms with Crippen LogP contribution < -0.4 is 0 Å². The average Bonchev–Trinajstić information content (AvgIpc) is 2.20. The van der Waals surface area contributed by atoms with E-state index in [0.29, 0.717) is 10.0 Å². The number of Topliss-reactive ketones (excluding diaryl/α,β-unsaturated/α-hetero) is 1. The first-order chi connectivity index (χ1) is 6.57.